The number of nitrogens with one attached hydrogen (secondary N) is 1. The molecule has 0 spiro atoms. The second kappa shape index (κ2) is 6.85. The van der Waals surface area contributed by atoms with Gasteiger partial charge >= 0.3 is 6.03 Å². The van der Waals surface area contributed by atoms with Crippen molar-refractivity contribution in [1.82, 2.24) is 14.9 Å². The highest BCUT2D eigenvalue weighted by molar-refractivity contribution is 7.21. The summed E-state index contributed by atoms with van der Waals surface area (Å²) in [5, 5.41) is 3.48. The Kier molecular flexibility index (Phi) is 4.29. The number of nitrogens with two attached hydrogens (primary N) is 1. The number of rotatable bonds is 3. The van der Waals surface area contributed by atoms with Gasteiger partial charge in [0.2, 0.25) is 0 Å². The van der Waals surface area contributed by atoms with Crippen LogP contribution in [0.2, 0.25) is 5.02 Å². The predicted octanol–water partition coefficient (Wildman–Crippen LogP) is 2.94. The van der Waals surface area contributed by atoms with Gasteiger partial charge in [-0.2, -0.15) is 0 Å². The highest BCUT2D eigenvalue weighted by Crippen LogP contribution is 2.41. The molecule has 6 rings (SSSR count). The van der Waals surface area contributed by atoms with Crippen LogP contribution >= 0.6 is 22.9 Å². The number of urea groups is 1. The molecule has 3 aliphatic rings. The maximum atomic E-state index is 12.7. The monoisotopic (exact) mass is 428 g/mol. The molecule has 3 fully saturated rings. The zero-order valence-electron chi connectivity index (χ0n) is 15.2. The van der Waals surface area contributed by atoms with Crippen molar-refractivity contribution in [3.63, 3.8) is 0 Å². The van der Waals surface area contributed by atoms with Crippen molar-refractivity contribution in [2.45, 2.75) is 18.5 Å². The van der Waals surface area contributed by atoms with E-state index in [0.29, 0.717) is 34.2 Å². The SMILES string of the molecule is NC(=O)c1cc2ncnc(N3[C@@H]4C[C@H]3CN(C(=O)Nc3cccc(Cl)c3)C4)c2s1. The third-order valence-corrected chi connectivity index (χ3v) is 6.71. The number of thiophene rings is 1. The fourth-order valence-corrected chi connectivity index (χ4v) is 5.18. The Morgan fingerprint density at radius 3 is 2.72 bits per heavy atom. The summed E-state index contributed by atoms with van der Waals surface area (Å²) in [5.74, 6) is 0.343. The van der Waals surface area contributed by atoms with Crippen LogP contribution in [0.5, 0.6) is 0 Å². The number of primary amides is 1. The Balaban J connectivity index is 1.34. The lowest BCUT2D eigenvalue weighted by Gasteiger charge is -2.56. The number of piperazine rings is 1. The van der Waals surface area contributed by atoms with Crippen LogP contribution in [0.1, 0.15) is 16.1 Å². The Morgan fingerprint density at radius 1 is 1.21 bits per heavy atom. The van der Waals surface area contributed by atoms with E-state index in [1.54, 1.807) is 24.3 Å². The second-order valence-corrected chi connectivity index (χ2v) is 8.67. The number of anilines is 2. The van der Waals surface area contributed by atoms with E-state index in [1.165, 1.54) is 17.7 Å². The Labute approximate surface area is 175 Å². The molecule has 29 heavy (non-hydrogen) atoms. The standard InChI is InChI=1S/C19H17ClN6O2S/c20-10-2-1-3-11(4-10)24-19(28)25-7-12-5-13(8-25)26(12)18-16-14(22-9-23-18)6-15(29-16)17(21)27/h1-4,6,9,12-13H,5,7-8H2,(H2,21,27)(H,24,28)/t12-,13+. The number of amides is 3. The molecule has 0 unspecified atom stereocenters. The average Bonchev–Trinajstić information content (AvgIpc) is 3.14. The number of carbonyl (C=O) groups excluding carboxylic acids is 2. The minimum absolute atomic E-state index is 0.137. The van der Waals surface area contributed by atoms with Crippen LogP contribution in [-0.4, -0.2) is 52.0 Å². The fraction of sp³-hybridized carbons (Fsp3) is 0.263. The maximum Gasteiger partial charge on any atom is 0.321 e. The van der Waals surface area contributed by atoms with E-state index in [9.17, 15) is 9.59 Å². The maximum absolute atomic E-state index is 12.7. The van der Waals surface area contributed by atoms with Gasteiger partial charge in [-0.1, -0.05) is 17.7 Å². The molecule has 1 aromatic carbocycles. The molecule has 2 bridgehead atoms. The van der Waals surface area contributed by atoms with Crippen molar-refractivity contribution in [3.8, 4) is 0 Å². The molecule has 5 heterocycles. The van der Waals surface area contributed by atoms with Gasteiger partial charge in [-0.25, -0.2) is 14.8 Å². The smallest absolute Gasteiger partial charge is 0.321 e. The Bertz CT molecular complexity index is 1120. The molecular weight excluding hydrogens is 412 g/mol. The van der Waals surface area contributed by atoms with Gasteiger partial charge in [-0.3, -0.25) is 4.79 Å². The fourth-order valence-electron chi connectivity index (χ4n) is 4.04. The molecule has 0 saturated carbocycles. The van der Waals surface area contributed by atoms with Crippen molar-refractivity contribution in [1.29, 1.82) is 0 Å². The van der Waals surface area contributed by atoms with E-state index in [1.807, 2.05) is 11.0 Å². The number of aromatic nitrogens is 2. The largest absolute Gasteiger partial charge is 0.365 e. The molecule has 3 amide bonds. The normalized spacial score (nSPS) is 20.4. The van der Waals surface area contributed by atoms with Crippen LogP contribution < -0.4 is 16.0 Å². The number of nitrogens with zero attached hydrogens (tertiary/aromatic N) is 4. The van der Waals surface area contributed by atoms with Gasteiger partial charge in [0, 0.05) is 23.8 Å². The first kappa shape index (κ1) is 18.1. The van der Waals surface area contributed by atoms with Crippen LogP contribution in [-0.2, 0) is 0 Å². The molecule has 8 nitrogen and oxygen atoms in total. The molecule has 0 radical (unpaired) electrons. The number of hydrogen-bond acceptors (Lipinski definition) is 6. The lowest BCUT2D eigenvalue weighted by Crippen LogP contribution is -2.70. The third-order valence-electron chi connectivity index (χ3n) is 5.34. The quantitative estimate of drug-likeness (QED) is 0.667. The summed E-state index contributed by atoms with van der Waals surface area (Å²) in [5.41, 5.74) is 6.81. The highest BCUT2D eigenvalue weighted by Gasteiger charge is 2.47. The highest BCUT2D eigenvalue weighted by atomic mass is 35.5. The summed E-state index contributed by atoms with van der Waals surface area (Å²) in [6.07, 6.45) is 2.51. The van der Waals surface area contributed by atoms with Crippen LogP contribution in [0, 0.1) is 0 Å². The average molecular weight is 429 g/mol. The van der Waals surface area contributed by atoms with E-state index < -0.39 is 5.91 Å². The van der Waals surface area contributed by atoms with Crippen LogP contribution in [0.25, 0.3) is 10.2 Å². The number of piperidine rings is 1. The summed E-state index contributed by atoms with van der Waals surface area (Å²) in [7, 11) is 0. The molecular formula is C19H17ClN6O2S. The van der Waals surface area contributed by atoms with E-state index in [0.717, 1.165) is 16.9 Å². The van der Waals surface area contributed by atoms with Gasteiger partial charge in [0.05, 0.1) is 27.2 Å². The van der Waals surface area contributed by atoms with Crippen molar-refractivity contribution < 1.29 is 9.59 Å². The van der Waals surface area contributed by atoms with Crippen LogP contribution in [0.15, 0.2) is 36.7 Å². The summed E-state index contributed by atoms with van der Waals surface area (Å²) < 4.78 is 0.854. The summed E-state index contributed by atoms with van der Waals surface area (Å²) in [6, 6.07) is 9.02. The Hall–Kier alpha value is -2.91. The molecule has 2 aromatic heterocycles. The van der Waals surface area contributed by atoms with E-state index in [2.05, 4.69) is 20.2 Å². The number of fused-ring (bicyclic) bond motifs is 3. The molecule has 3 saturated heterocycles. The first-order valence-electron chi connectivity index (χ1n) is 9.14. The van der Waals surface area contributed by atoms with Gasteiger partial charge < -0.3 is 20.9 Å². The van der Waals surface area contributed by atoms with Gasteiger partial charge in [0.25, 0.3) is 5.91 Å². The number of hydrogen-bond donors (Lipinski definition) is 2. The molecule has 148 valence electrons. The van der Waals surface area contributed by atoms with E-state index >= 15 is 0 Å². The van der Waals surface area contributed by atoms with E-state index in [4.69, 9.17) is 17.3 Å². The first-order valence-corrected chi connectivity index (χ1v) is 10.3. The van der Waals surface area contributed by atoms with Crippen LogP contribution in [0.3, 0.4) is 0 Å². The topological polar surface area (TPSA) is 104 Å². The molecule has 10 heteroatoms. The predicted molar refractivity (Wildman–Crippen MR) is 113 cm³/mol. The molecule has 3 N–H and O–H groups in total. The summed E-state index contributed by atoms with van der Waals surface area (Å²) in [6.45, 7) is 1.20. The van der Waals surface area contributed by atoms with Gasteiger partial charge in [-0.05, 0) is 30.7 Å². The zero-order valence-corrected chi connectivity index (χ0v) is 16.8. The summed E-state index contributed by atoms with van der Waals surface area (Å²) >= 11 is 7.30. The lowest BCUT2D eigenvalue weighted by molar-refractivity contribution is 0.100. The third kappa shape index (κ3) is 3.16. The molecule has 3 aromatic rings. The zero-order chi connectivity index (χ0) is 20.1. The molecule has 2 atom stereocenters. The summed E-state index contributed by atoms with van der Waals surface area (Å²) in [4.78, 5) is 37.4. The van der Waals surface area contributed by atoms with Gasteiger partial charge in [-0.15, -0.1) is 11.3 Å². The van der Waals surface area contributed by atoms with E-state index in [-0.39, 0.29) is 18.1 Å². The molecule has 0 aliphatic carbocycles. The van der Waals surface area contributed by atoms with Gasteiger partial charge in [0.1, 0.15) is 6.33 Å². The number of halogens is 1. The van der Waals surface area contributed by atoms with Crippen molar-refractivity contribution in [3.05, 3.63) is 46.6 Å². The molecule has 3 aliphatic heterocycles. The first-order chi connectivity index (χ1) is 14.0. The number of benzene rings is 1. The second-order valence-electron chi connectivity index (χ2n) is 7.18. The minimum atomic E-state index is -0.466. The Morgan fingerprint density at radius 2 is 2.00 bits per heavy atom. The van der Waals surface area contributed by atoms with Gasteiger partial charge in [0.15, 0.2) is 5.82 Å². The lowest BCUT2D eigenvalue weighted by atomic mass is 9.87. The van der Waals surface area contributed by atoms with Crippen molar-refractivity contribution in [2.75, 3.05) is 23.3 Å². The van der Waals surface area contributed by atoms with Crippen LogP contribution in [0.4, 0.5) is 16.3 Å². The minimum Gasteiger partial charge on any atom is -0.365 e. The number of carbonyl (C=O) groups is 2. The van der Waals surface area contributed by atoms with Crippen molar-refractivity contribution in [2.24, 2.45) is 5.73 Å². The van der Waals surface area contributed by atoms with Crippen molar-refractivity contribution >= 4 is 56.6 Å².